The van der Waals surface area contributed by atoms with Crippen LogP contribution in [-0.2, 0) is 9.59 Å². The van der Waals surface area contributed by atoms with E-state index in [1.54, 1.807) is 6.08 Å². The standard InChI is InChI=1S/C6H9NO.C3H5NO/c1-3-5-7-6(8)4-2;1-2-4-3-5/h3-4H,1-2,5H2,(H,7,8);2-3H,1H2,(H,4,5). The SMILES string of the molecule is C=CCNC(=O)C=C.C=CNC=O. The van der Waals surface area contributed by atoms with Gasteiger partial charge in [0.15, 0.2) is 0 Å². The van der Waals surface area contributed by atoms with Crippen LogP contribution in [0.5, 0.6) is 0 Å². The number of hydrogen-bond acceptors (Lipinski definition) is 2. The smallest absolute Gasteiger partial charge is 0.243 e. The molecule has 0 fully saturated rings. The summed E-state index contributed by atoms with van der Waals surface area (Å²) in [6, 6.07) is 0. The van der Waals surface area contributed by atoms with E-state index in [2.05, 4.69) is 30.4 Å². The Morgan fingerprint density at radius 3 is 2.15 bits per heavy atom. The molecule has 0 aliphatic carbocycles. The lowest BCUT2D eigenvalue weighted by molar-refractivity contribution is -0.116. The van der Waals surface area contributed by atoms with Gasteiger partial charge >= 0.3 is 0 Å². The van der Waals surface area contributed by atoms with Gasteiger partial charge in [0.05, 0.1) is 0 Å². The number of amides is 2. The van der Waals surface area contributed by atoms with Crippen molar-refractivity contribution in [2.24, 2.45) is 0 Å². The van der Waals surface area contributed by atoms with E-state index in [9.17, 15) is 9.59 Å². The fourth-order valence-electron chi connectivity index (χ4n) is 0.293. The average molecular weight is 182 g/mol. The number of hydrogen-bond donors (Lipinski definition) is 2. The molecule has 0 aromatic heterocycles. The van der Waals surface area contributed by atoms with Crippen molar-refractivity contribution in [2.75, 3.05) is 6.54 Å². The molecule has 0 aliphatic rings. The van der Waals surface area contributed by atoms with Gasteiger partial charge in [-0.05, 0) is 12.3 Å². The van der Waals surface area contributed by atoms with Crippen molar-refractivity contribution in [3.05, 3.63) is 38.1 Å². The monoisotopic (exact) mass is 182 g/mol. The number of carbonyl (C=O) groups excluding carboxylic acids is 2. The van der Waals surface area contributed by atoms with E-state index in [-0.39, 0.29) is 5.91 Å². The maximum Gasteiger partial charge on any atom is 0.243 e. The second-order valence-electron chi connectivity index (χ2n) is 1.73. The van der Waals surface area contributed by atoms with E-state index in [1.807, 2.05) is 0 Å². The third kappa shape index (κ3) is 17.8. The van der Waals surface area contributed by atoms with Crippen LogP contribution in [0.3, 0.4) is 0 Å². The Labute approximate surface area is 78.0 Å². The highest BCUT2D eigenvalue weighted by molar-refractivity contribution is 5.86. The summed E-state index contributed by atoms with van der Waals surface area (Å²) in [7, 11) is 0. The van der Waals surface area contributed by atoms with E-state index in [4.69, 9.17) is 0 Å². The zero-order valence-electron chi connectivity index (χ0n) is 7.45. The van der Waals surface area contributed by atoms with Crippen LogP contribution in [0.2, 0.25) is 0 Å². The predicted molar refractivity (Wildman–Crippen MR) is 52.8 cm³/mol. The fraction of sp³-hybridized carbons (Fsp3) is 0.111. The van der Waals surface area contributed by atoms with Gasteiger partial charge in [-0.3, -0.25) is 9.59 Å². The second kappa shape index (κ2) is 12.8. The first-order chi connectivity index (χ1) is 6.22. The molecule has 0 atom stereocenters. The summed E-state index contributed by atoms with van der Waals surface area (Å²) >= 11 is 0. The molecule has 0 radical (unpaired) electrons. The first kappa shape index (κ1) is 13.7. The van der Waals surface area contributed by atoms with Crippen LogP contribution >= 0.6 is 0 Å². The fourth-order valence-corrected chi connectivity index (χ4v) is 0.293. The largest absolute Gasteiger partial charge is 0.349 e. The number of rotatable bonds is 5. The minimum absolute atomic E-state index is 0.162. The Hall–Kier alpha value is -1.84. The molecule has 2 N–H and O–H groups in total. The maximum atomic E-state index is 10.3. The maximum absolute atomic E-state index is 10.3. The van der Waals surface area contributed by atoms with Gasteiger partial charge in [0.25, 0.3) is 0 Å². The quantitative estimate of drug-likeness (QED) is 0.366. The van der Waals surface area contributed by atoms with Crippen LogP contribution in [0, 0.1) is 0 Å². The van der Waals surface area contributed by atoms with E-state index >= 15 is 0 Å². The Balaban J connectivity index is 0. The van der Waals surface area contributed by atoms with Gasteiger partial charge in [-0.25, -0.2) is 0 Å². The van der Waals surface area contributed by atoms with Crippen molar-refractivity contribution < 1.29 is 9.59 Å². The minimum Gasteiger partial charge on any atom is -0.349 e. The molecule has 0 rings (SSSR count). The lowest BCUT2D eigenvalue weighted by Crippen LogP contribution is -2.19. The molecule has 72 valence electrons. The third-order valence-corrected chi connectivity index (χ3v) is 0.792. The van der Waals surface area contributed by atoms with Crippen LogP contribution in [-0.4, -0.2) is 18.9 Å². The molecule has 2 amide bonds. The Bertz CT molecular complexity index is 182. The summed E-state index contributed by atoms with van der Waals surface area (Å²) in [6.45, 7) is 10.4. The molecule has 0 bridgehead atoms. The van der Waals surface area contributed by atoms with Gasteiger partial charge in [-0.15, -0.1) is 6.58 Å². The Morgan fingerprint density at radius 2 is 1.92 bits per heavy atom. The molecule has 4 nitrogen and oxygen atoms in total. The van der Waals surface area contributed by atoms with Crippen molar-refractivity contribution >= 4 is 12.3 Å². The molecule has 13 heavy (non-hydrogen) atoms. The number of carbonyl (C=O) groups is 2. The third-order valence-electron chi connectivity index (χ3n) is 0.792. The van der Waals surface area contributed by atoms with Crippen molar-refractivity contribution in [3.63, 3.8) is 0 Å². The first-order valence-corrected chi connectivity index (χ1v) is 3.54. The van der Waals surface area contributed by atoms with E-state index in [1.165, 1.54) is 12.3 Å². The molecule has 0 saturated carbocycles. The molecule has 0 saturated heterocycles. The van der Waals surface area contributed by atoms with Crippen molar-refractivity contribution in [1.82, 2.24) is 10.6 Å². The van der Waals surface area contributed by atoms with Gasteiger partial charge in [-0.2, -0.15) is 0 Å². The second-order valence-corrected chi connectivity index (χ2v) is 1.73. The zero-order valence-corrected chi connectivity index (χ0v) is 7.45. The Kier molecular flexibility index (Phi) is 13.5. The van der Waals surface area contributed by atoms with Gasteiger partial charge in [0, 0.05) is 6.54 Å². The van der Waals surface area contributed by atoms with Gasteiger partial charge in [0.1, 0.15) is 0 Å². The predicted octanol–water partition coefficient (Wildman–Crippen LogP) is 0.350. The van der Waals surface area contributed by atoms with Gasteiger partial charge < -0.3 is 10.6 Å². The summed E-state index contributed by atoms with van der Waals surface area (Å²) in [5.41, 5.74) is 0. The lowest BCUT2D eigenvalue weighted by Gasteiger charge is -1.91. The van der Waals surface area contributed by atoms with Crippen LogP contribution in [0.4, 0.5) is 0 Å². The molecule has 0 heterocycles. The van der Waals surface area contributed by atoms with Crippen molar-refractivity contribution in [2.45, 2.75) is 0 Å². The normalized spacial score (nSPS) is 6.77. The van der Waals surface area contributed by atoms with E-state index in [0.29, 0.717) is 13.0 Å². The number of nitrogens with one attached hydrogen (secondary N) is 2. The molecule has 0 aromatic carbocycles. The van der Waals surface area contributed by atoms with Crippen molar-refractivity contribution in [3.8, 4) is 0 Å². The van der Waals surface area contributed by atoms with Crippen LogP contribution in [0.15, 0.2) is 38.1 Å². The summed E-state index contributed by atoms with van der Waals surface area (Å²) in [6.07, 6.45) is 4.71. The molecule has 0 aromatic rings. The van der Waals surface area contributed by atoms with Gasteiger partial charge in [0.2, 0.25) is 12.3 Å². The highest BCUT2D eigenvalue weighted by Crippen LogP contribution is 1.64. The molecule has 0 aliphatic heterocycles. The topological polar surface area (TPSA) is 58.2 Å². The van der Waals surface area contributed by atoms with Crippen molar-refractivity contribution in [1.29, 1.82) is 0 Å². The van der Waals surface area contributed by atoms with E-state index in [0.717, 1.165) is 0 Å². The summed E-state index contributed by atoms with van der Waals surface area (Å²) < 4.78 is 0. The Morgan fingerprint density at radius 1 is 1.31 bits per heavy atom. The summed E-state index contributed by atoms with van der Waals surface area (Å²) in [5.74, 6) is -0.162. The van der Waals surface area contributed by atoms with Crippen LogP contribution in [0.1, 0.15) is 0 Å². The molecular weight excluding hydrogens is 168 g/mol. The summed E-state index contributed by atoms with van der Waals surface area (Å²) in [4.78, 5) is 19.5. The van der Waals surface area contributed by atoms with Gasteiger partial charge in [-0.1, -0.05) is 19.2 Å². The molecule has 4 heteroatoms. The zero-order chi connectivity index (χ0) is 10.5. The first-order valence-electron chi connectivity index (χ1n) is 3.54. The molecule has 0 spiro atoms. The minimum atomic E-state index is -0.162. The average Bonchev–Trinajstić information content (AvgIpc) is 2.16. The van der Waals surface area contributed by atoms with Crippen LogP contribution < -0.4 is 10.6 Å². The molecule has 0 unspecified atom stereocenters. The summed E-state index contributed by atoms with van der Waals surface area (Å²) in [5, 5.41) is 4.70. The van der Waals surface area contributed by atoms with E-state index < -0.39 is 0 Å². The molecular formula is C9H14N2O2. The highest BCUT2D eigenvalue weighted by Gasteiger charge is 1.85. The lowest BCUT2D eigenvalue weighted by atomic mass is 10.5. The highest BCUT2D eigenvalue weighted by atomic mass is 16.1. The van der Waals surface area contributed by atoms with Crippen LogP contribution in [0.25, 0.3) is 0 Å².